The maximum absolute atomic E-state index is 12.1. The zero-order chi connectivity index (χ0) is 16.2. The van der Waals surface area contributed by atoms with Gasteiger partial charge in [-0.25, -0.2) is 5.43 Å². The quantitative estimate of drug-likeness (QED) is 0.589. The van der Waals surface area contributed by atoms with Crippen LogP contribution < -0.4 is 5.43 Å². The van der Waals surface area contributed by atoms with Gasteiger partial charge in [-0.15, -0.1) is 0 Å². The van der Waals surface area contributed by atoms with E-state index in [0.29, 0.717) is 6.42 Å². The van der Waals surface area contributed by atoms with E-state index in [1.807, 2.05) is 62.4 Å². The van der Waals surface area contributed by atoms with Crippen molar-refractivity contribution in [3.8, 4) is 0 Å². The van der Waals surface area contributed by atoms with Gasteiger partial charge in [0.25, 0.3) is 0 Å². The van der Waals surface area contributed by atoms with Crippen molar-refractivity contribution in [1.29, 1.82) is 0 Å². The Morgan fingerprint density at radius 2 is 1.96 bits per heavy atom. The number of hydrazone groups is 1. The summed E-state index contributed by atoms with van der Waals surface area (Å²) >= 11 is 0. The molecular formula is C19H18N2O2. The van der Waals surface area contributed by atoms with Gasteiger partial charge in [0.1, 0.15) is 11.5 Å². The molecule has 0 spiro atoms. The molecule has 3 aromatic rings. The number of benzene rings is 2. The second kappa shape index (κ2) is 6.48. The minimum atomic E-state index is -0.143. The molecule has 0 aliphatic heterocycles. The van der Waals surface area contributed by atoms with Gasteiger partial charge in [-0.05, 0) is 36.2 Å². The molecule has 0 unspecified atom stereocenters. The van der Waals surface area contributed by atoms with Crippen molar-refractivity contribution in [2.75, 3.05) is 0 Å². The molecule has 116 valence electrons. The van der Waals surface area contributed by atoms with Crippen LogP contribution in [0.2, 0.25) is 0 Å². The van der Waals surface area contributed by atoms with Crippen molar-refractivity contribution in [2.45, 2.75) is 20.3 Å². The van der Waals surface area contributed by atoms with E-state index in [-0.39, 0.29) is 5.91 Å². The molecule has 1 amide bonds. The Hall–Kier alpha value is -2.88. The minimum absolute atomic E-state index is 0.143. The van der Waals surface area contributed by atoms with Gasteiger partial charge in [0.05, 0.1) is 12.6 Å². The first kappa shape index (κ1) is 15.0. The van der Waals surface area contributed by atoms with Crippen molar-refractivity contribution < 1.29 is 9.21 Å². The van der Waals surface area contributed by atoms with Crippen molar-refractivity contribution in [1.82, 2.24) is 5.43 Å². The molecule has 3 rings (SSSR count). The summed E-state index contributed by atoms with van der Waals surface area (Å²) in [5.74, 6) is 1.47. The number of furan rings is 1. The largest absolute Gasteiger partial charge is 0.466 e. The lowest BCUT2D eigenvalue weighted by molar-refractivity contribution is -0.120. The first-order valence-electron chi connectivity index (χ1n) is 7.49. The molecule has 0 aliphatic rings. The lowest BCUT2D eigenvalue weighted by Crippen LogP contribution is -2.19. The number of carbonyl (C=O) groups excluding carboxylic acids is 1. The molecule has 1 N–H and O–H groups in total. The standard InChI is InChI=1S/C19H18N2O2/c1-13-10-17(14(2)23-13)12-20-21-19(22)11-16-8-5-7-15-6-3-4-9-18(15)16/h3-10,12H,11H2,1-2H3,(H,21,22)/b20-12+. The first-order valence-corrected chi connectivity index (χ1v) is 7.49. The summed E-state index contributed by atoms with van der Waals surface area (Å²) < 4.78 is 5.41. The first-order chi connectivity index (χ1) is 11.1. The molecule has 0 aliphatic carbocycles. The molecule has 0 saturated heterocycles. The van der Waals surface area contributed by atoms with Crippen LogP contribution in [-0.4, -0.2) is 12.1 Å². The molecule has 4 heteroatoms. The highest BCUT2D eigenvalue weighted by Crippen LogP contribution is 2.18. The van der Waals surface area contributed by atoms with Crippen LogP contribution in [0.5, 0.6) is 0 Å². The van der Waals surface area contributed by atoms with Crippen molar-refractivity contribution in [3.05, 3.63) is 71.2 Å². The number of carbonyl (C=O) groups is 1. The summed E-state index contributed by atoms with van der Waals surface area (Å²) in [7, 11) is 0. The fourth-order valence-electron chi connectivity index (χ4n) is 2.61. The SMILES string of the molecule is Cc1cc(/C=N/NC(=O)Cc2cccc3ccccc23)c(C)o1. The number of hydrogen-bond acceptors (Lipinski definition) is 3. The monoisotopic (exact) mass is 306 g/mol. The molecule has 0 radical (unpaired) electrons. The number of hydrogen-bond donors (Lipinski definition) is 1. The smallest absolute Gasteiger partial charge is 0.244 e. The Balaban J connectivity index is 1.68. The zero-order valence-corrected chi connectivity index (χ0v) is 13.2. The third-order valence-electron chi connectivity index (χ3n) is 3.70. The molecule has 0 saturated carbocycles. The van der Waals surface area contributed by atoms with Gasteiger partial charge in [-0.2, -0.15) is 5.10 Å². The highest BCUT2D eigenvalue weighted by molar-refractivity contribution is 5.90. The highest BCUT2D eigenvalue weighted by Gasteiger charge is 2.06. The van der Waals surface area contributed by atoms with E-state index in [2.05, 4.69) is 10.5 Å². The molecule has 0 fully saturated rings. The van der Waals surface area contributed by atoms with Gasteiger partial charge >= 0.3 is 0 Å². The lowest BCUT2D eigenvalue weighted by Gasteiger charge is -2.05. The zero-order valence-electron chi connectivity index (χ0n) is 13.2. The number of aryl methyl sites for hydroxylation is 2. The maximum Gasteiger partial charge on any atom is 0.244 e. The molecule has 1 aromatic heterocycles. The van der Waals surface area contributed by atoms with Gasteiger partial charge in [0, 0.05) is 5.56 Å². The Labute approximate surface area is 134 Å². The molecule has 0 bridgehead atoms. The van der Waals surface area contributed by atoms with Gasteiger partial charge < -0.3 is 4.42 Å². The lowest BCUT2D eigenvalue weighted by atomic mass is 10.0. The fourth-order valence-corrected chi connectivity index (χ4v) is 2.61. The Kier molecular flexibility index (Phi) is 4.24. The van der Waals surface area contributed by atoms with E-state index < -0.39 is 0 Å². The predicted octanol–water partition coefficient (Wildman–Crippen LogP) is 3.74. The fraction of sp³-hybridized carbons (Fsp3) is 0.158. The summed E-state index contributed by atoms with van der Waals surface area (Å²) in [6, 6.07) is 15.9. The topological polar surface area (TPSA) is 54.6 Å². The van der Waals surface area contributed by atoms with E-state index in [1.54, 1.807) is 6.21 Å². The van der Waals surface area contributed by atoms with Crippen LogP contribution in [0, 0.1) is 13.8 Å². The van der Waals surface area contributed by atoms with Crippen LogP contribution in [0.1, 0.15) is 22.6 Å². The third kappa shape index (κ3) is 3.48. The summed E-state index contributed by atoms with van der Waals surface area (Å²) in [5, 5.41) is 6.23. The number of rotatable bonds is 4. The Bertz CT molecular complexity index is 873. The molecule has 1 heterocycles. The number of nitrogens with zero attached hydrogens (tertiary/aromatic N) is 1. The number of amides is 1. The molecule has 0 atom stereocenters. The summed E-state index contributed by atoms with van der Waals surface area (Å²) in [6.07, 6.45) is 1.90. The van der Waals surface area contributed by atoms with E-state index in [4.69, 9.17) is 4.42 Å². The van der Waals surface area contributed by atoms with Crippen LogP contribution in [0.25, 0.3) is 10.8 Å². The van der Waals surface area contributed by atoms with E-state index in [1.165, 1.54) is 0 Å². The van der Waals surface area contributed by atoms with Gasteiger partial charge in [0.2, 0.25) is 5.91 Å². The van der Waals surface area contributed by atoms with E-state index in [0.717, 1.165) is 33.4 Å². The van der Waals surface area contributed by atoms with E-state index in [9.17, 15) is 4.79 Å². The van der Waals surface area contributed by atoms with Crippen molar-refractivity contribution in [3.63, 3.8) is 0 Å². The maximum atomic E-state index is 12.1. The van der Waals surface area contributed by atoms with Gasteiger partial charge in [0.15, 0.2) is 0 Å². The summed E-state index contributed by atoms with van der Waals surface area (Å²) in [6.45, 7) is 3.75. The summed E-state index contributed by atoms with van der Waals surface area (Å²) in [4.78, 5) is 12.1. The van der Waals surface area contributed by atoms with Crippen LogP contribution in [0.3, 0.4) is 0 Å². The van der Waals surface area contributed by atoms with Crippen molar-refractivity contribution in [2.24, 2.45) is 5.10 Å². The van der Waals surface area contributed by atoms with E-state index >= 15 is 0 Å². The van der Waals surface area contributed by atoms with Crippen LogP contribution in [0.15, 0.2) is 58.0 Å². The van der Waals surface area contributed by atoms with Crippen molar-refractivity contribution >= 4 is 22.9 Å². The third-order valence-corrected chi connectivity index (χ3v) is 3.70. The molecule has 23 heavy (non-hydrogen) atoms. The average molecular weight is 306 g/mol. The summed E-state index contributed by atoms with van der Waals surface area (Å²) in [5.41, 5.74) is 4.43. The molecule has 4 nitrogen and oxygen atoms in total. The predicted molar refractivity (Wildman–Crippen MR) is 91.6 cm³/mol. The minimum Gasteiger partial charge on any atom is -0.466 e. The second-order valence-corrected chi connectivity index (χ2v) is 5.48. The normalized spacial score (nSPS) is 11.2. The highest BCUT2D eigenvalue weighted by atomic mass is 16.3. The van der Waals surface area contributed by atoms with Crippen LogP contribution in [0.4, 0.5) is 0 Å². The van der Waals surface area contributed by atoms with Gasteiger partial charge in [-0.3, -0.25) is 4.79 Å². The van der Waals surface area contributed by atoms with Crippen LogP contribution in [-0.2, 0) is 11.2 Å². The van der Waals surface area contributed by atoms with Crippen LogP contribution >= 0.6 is 0 Å². The number of nitrogens with one attached hydrogen (secondary N) is 1. The number of fused-ring (bicyclic) bond motifs is 1. The molecular weight excluding hydrogens is 288 g/mol. The molecule has 2 aromatic carbocycles. The Morgan fingerprint density at radius 3 is 2.74 bits per heavy atom. The second-order valence-electron chi connectivity index (χ2n) is 5.48. The Morgan fingerprint density at radius 1 is 1.17 bits per heavy atom. The average Bonchev–Trinajstić information content (AvgIpc) is 2.85. The van der Waals surface area contributed by atoms with Gasteiger partial charge in [-0.1, -0.05) is 42.5 Å².